The maximum Gasteiger partial charge on any atom is 0.159 e. The first-order chi connectivity index (χ1) is 10.7. The van der Waals surface area contributed by atoms with Crippen molar-refractivity contribution in [2.45, 2.75) is 71.1 Å². The molecule has 0 radical (unpaired) electrons. The van der Waals surface area contributed by atoms with E-state index in [-0.39, 0.29) is 12.2 Å². The smallest absolute Gasteiger partial charge is 0.159 e. The van der Waals surface area contributed by atoms with Gasteiger partial charge in [-0.25, -0.2) is 0 Å². The third kappa shape index (κ3) is 5.01. The summed E-state index contributed by atoms with van der Waals surface area (Å²) < 4.78 is 13.1. The summed E-state index contributed by atoms with van der Waals surface area (Å²) in [7, 11) is -4.48. The van der Waals surface area contributed by atoms with Crippen LogP contribution in [0.3, 0.4) is 0 Å². The van der Waals surface area contributed by atoms with Crippen molar-refractivity contribution < 1.29 is 9.16 Å². The summed E-state index contributed by atoms with van der Waals surface area (Å²) in [4.78, 5) is 0. The average molecular weight is 401 g/mol. The first kappa shape index (κ1) is 24.0. The third-order valence-corrected chi connectivity index (χ3v) is 72.2. The van der Waals surface area contributed by atoms with Crippen molar-refractivity contribution in [3.05, 3.63) is 38.0 Å². The summed E-state index contributed by atoms with van der Waals surface area (Å²) in [6.45, 7) is 33.0. The molecule has 0 unspecified atom stereocenters. The molecule has 2 atom stereocenters. The summed E-state index contributed by atoms with van der Waals surface area (Å²) >= 11 is 0. The molecule has 0 N–H and O–H groups in total. The molecule has 0 aliphatic carbocycles. The topological polar surface area (TPSA) is 18.5 Å². The molecule has 0 heterocycles. The molecular formula is C18H40O2Si4. The molecule has 0 aliphatic rings. The Morgan fingerprint density at radius 2 is 1.08 bits per heavy atom. The fourth-order valence-corrected chi connectivity index (χ4v) is 98.7. The molecule has 0 saturated carbocycles. The highest BCUT2D eigenvalue weighted by Gasteiger charge is 2.64. The summed E-state index contributed by atoms with van der Waals surface area (Å²) in [6.07, 6.45) is 5.29. The Hall–Kier alpha value is 0.00753. The standard InChI is InChI=1S/C18H40O2Si4/c1-13-16-19-17(14-2)18(15-3)20-24(21(4,5)6,22(7,8)9)23(10,11)12/h13-15,17-18H,1-3,16H2,4-12H3/t17-,18+/m1/s1. The van der Waals surface area contributed by atoms with Crippen LogP contribution in [0.15, 0.2) is 38.0 Å². The maximum absolute atomic E-state index is 7.21. The molecule has 0 aliphatic heterocycles. The van der Waals surface area contributed by atoms with Crippen LogP contribution in [-0.4, -0.2) is 48.5 Å². The monoisotopic (exact) mass is 400 g/mol. The highest BCUT2D eigenvalue weighted by molar-refractivity contribution is 7.87. The van der Waals surface area contributed by atoms with E-state index in [0.717, 1.165) is 0 Å². The van der Waals surface area contributed by atoms with Crippen molar-refractivity contribution in [1.29, 1.82) is 0 Å². The van der Waals surface area contributed by atoms with Crippen molar-refractivity contribution in [1.82, 2.24) is 0 Å². The largest absolute Gasteiger partial charge is 0.417 e. The minimum atomic E-state index is -1.91. The lowest BCUT2D eigenvalue weighted by Gasteiger charge is -2.57. The quantitative estimate of drug-likeness (QED) is 0.336. The van der Waals surface area contributed by atoms with Gasteiger partial charge in [0.2, 0.25) is 0 Å². The van der Waals surface area contributed by atoms with E-state index in [1.54, 1.807) is 6.08 Å². The molecule has 24 heavy (non-hydrogen) atoms. The van der Waals surface area contributed by atoms with E-state index in [1.807, 2.05) is 12.2 Å². The van der Waals surface area contributed by atoms with Gasteiger partial charge in [-0.15, -0.1) is 19.7 Å². The van der Waals surface area contributed by atoms with Crippen molar-refractivity contribution in [2.24, 2.45) is 0 Å². The number of ether oxygens (including phenoxy) is 1. The van der Waals surface area contributed by atoms with Crippen LogP contribution < -0.4 is 0 Å². The van der Waals surface area contributed by atoms with E-state index in [2.05, 4.69) is 78.7 Å². The molecule has 0 rings (SSSR count). The van der Waals surface area contributed by atoms with Crippen molar-refractivity contribution in [3.8, 4) is 0 Å². The molecule has 6 heteroatoms. The fourth-order valence-electron chi connectivity index (χ4n) is 4.83. The average Bonchev–Trinajstić information content (AvgIpc) is 2.37. The second-order valence-corrected chi connectivity index (χ2v) is 49.0. The van der Waals surface area contributed by atoms with Crippen LogP contribution in [0.5, 0.6) is 0 Å². The first-order valence-electron chi connectivity index (χ1n) is 8.85. The van der Waals surface area contributed by atoms with Crippen LogP contribution in [0.4, 0.5) is 0 Å². The molecule has 0 saturated heterocycles. The van der Waals surface area contributed by atoms with Crippen molar-refractivity contribution in [2.75, 3.05) is 6.61 Å². The van der Waals surface area contributed by atoms with Gasteiger partial charge in [-0.3, -0.25) is 0 Å². The lowest BCUT2D eigenvalue weighted by atomic mass is 10.2. The zero-order chi connectivity index (χ0) is 19.4. The Balaban J connectivity index is 6.13. The van der Waals surface area contributed by atoms with Gasteiger partial charge in [-0.1, -0.05) is 77.2 Å². The summed E-state index contributed by atoms with van der Waals surface area (Å²) in [5, 5.41) is 0. The summed E-state index contributed by atoms with van der Waals surface area (Å²) in [6, 6.07) is 0. The lowest BCUT2D eigenvalue weighted by molar-refractivity contribution is 0.0371. The van der Waals surface area contributed by atoms with Crippen LogP contribution in [-0.2, 0) is 9.16 Å². The Labute approximate surface area is 154 Å². The van der Waals surface area contributed by atoms with Gasteiger partial charge in [0.05, 0.1) is 35.5 Å². The van der Waals surface area contributed by atoms with Crippen LogP contribution in [0.25, 0.3) is 0 Å². The van der Waals surface area contributed by atoms with Gasteiger partial charge in [0.15, 0.2) is 6.87 Å². The van der Waals surface area contributed by atoms with E-state index >= 15 is 0 Å². The zero-order valence-corrected chi connectivity index (χ0v) is 21.5. The molecule has 0 amide bonds. The Morgan fingerprint density at radius 1 is 0.708 bits per heavy atom. The molecule has 0 aromatic rings. The summed E-state index contributed by atoms with van der Waals surface area (Å²) in [5.74, 6) is 0. The molecule has 140 valence electrons. The normalized spacial score (nSPS) is 16.4. The van der Waals surface area contributed by atoms with Crippen LogP contribution in [0, 0.1) is 0 Å². The van der Waals surface area contributed by atoms with Gasteiger partial charge in [-0.05, 0) is 0 Å². The van der Waals surface area contributed by atoms with Gasteiger partial charge >= 0.3 is 0 Å². The first-order valence-corrected chi connectivity index (χ1v) is 24.3. The predicted molar refractivity (Wildman–Crippen MR) is 121 cm³/mol. The molecule has 0 aromatic heterocycles. The molecule has 2 nitrogen and oxygen atoms in total. The Kier molecular flexibility index (Phi) is 8.60. The highest BCUT2D eigenvalue weighted by atomic mass is 29.9. The summed E-state index contributed by atoms with van der Waals surface area (Å²) in [5.41, 5.74) is 0. The SMILES string of the molecule is C=CCO[C@H](C=C)[C@H](C=C)O[Si]([Si](C)(C)C)([Si](C)(C)C)[Si](C)(C)C. The molecule has 0 spiro atoms. The second-order valence-electron chi connectivity index (χ2n) is 9.57. The Bertz CT molecular complexity index is 405. The second kappa shape index (κ2) is 8.59. The third-order valence-electron chi connectivity index (χ3n) is 4.68. The van der Waals surface area contributed by atoms with E-state index in [9.17, 15) is 0 Å². The Morgan fingerprint density at radius 3 is 1.33 bits per heavy atom. The van der Waals surface area contributed by atoms with Crippen molar-refractivity contribution in [3.63, 3.8) is 0 Å². The van der Waals surface area contributed by atoms with Gasteiger partial charge in [0.25, 0.3) is 0 Å². The van der Waals surface area contributed by atoms with E-state index in [4.69, 9.17) is 9.16 Å². The van der Waals surface area contributed by atoms with Gasteiger partial charge < -0.3 is 9.16 Å². The van der Waals surface area contributed by atoms with E-state index in [1.165, 1.54) is 0 Å². The van der Waals surface area contributed by atoms with Gasteiger partial charge in [0, 0.05) is 0 Å². The number of hydrogen-bond acceptors (Lipinski definition) is 2. The van der Waals surface area contributed by atoms with E-state index in [0.29, 0.717) is 6.61 Å². The van der Waals surface area contributed by atoms with Crippen LogP contribution >= 0.6 is 0 Å². The number of rotatable bonds is 11. The number of hydrogen-bond donors (Lipinski definition) is 0. The minimum Gasteiger partial charge on any atom is -0.417 e. The van der Waals surface area contributed by atoms with Crippen LogP contribution in [0.2, 0.25) is 58.9 Å². The van der Waals surface area contributed by atoms with Crippen LogP contribution in [0.1, 0.15) is 0 Å². The maximum atomic E-state index is 7.21. The molecule has 0 fully saturated rings. The minimum absolute atomic E-state index is 0.112. The lowest BCUT2D eigenvalue weighted by Crippen LogP contribution is -2.85. The molecular weight excluding hydrogens is 361 g/mol. The highest BCUT2D eigenvalue weighted by Crippen LogP contribution is 2.39. The molecule has 0 bridgehead atoms. The van der Waals surface area contributed by atoms with Gasteiger partial charge in [0.1, 0.15) is 6.10 Å². The predicted octanol–water partition coefficient (Wildman–Crippen LogP) is 5.51. The van der Waals surface area contributed by atoms with Gasteiger partial charge in [-0.2, -0.15) is 0 Å². The van der Waals surface area contributed by atoms with Crippen molar-refractivity contribution >= 4 is 29.6 Å². The fraction of sp³-hybridized carbons (Fsp3) is 0.667. The molecule has 0 aromatic carbocycles. The van der Waals surface area contributed by atoms with E-state index < -0.39 is 29.6 Å². The zero-order valence-electron chi connectivity index (χ0n) is 17.5.